The monoisotopic (exact) mass is 803 g/mol. The van der Waals surface area contributed by atoms with Crippen LogP contribution in [0.5, 0.6) is 0 Å². The highest BCUT2D eigenvalue weighted by Crippen LogP contribution is 2.15. The lowest BCUT2D eigenvalue weighted by atomic mass is 10.0. The van der Waals surface area contributed by atoms with Crippen LogP contribution in [0.25, 0.3) is 0 Å². The number of carbonyl (C=O) groups excluding carboxylic acids is 3. The lowest BCUT2D eigenvalue weighted by Crippen LogP contribution is -2.30. The molecular formula is C51H94O6. The van der Waals surface area contributed by atoms with Crippen LogP contribution in [0.15, 0.2) is 24.3 Å². The maximum Gasteiger partial charge on any atom is 0.306 e. The van der Waals surface area contributed by atoms with Crippen molar-refractivity contribution >= 4 is 17.9 Å². The molecule has 0 N–H and O–H groups in total. The summed E-state index contributed by atoms with van der Waals surface area (Å²) in [4.78, 5) is 37.8. The summed E-state index contributed by atoms with van der Waals surface area (Å²) in [5, 5.41) is 0. The molecule has 0 heterocycles. The molecule has 6 nitrogen and oxygen atoms in total. The molecule has 334 valence electrons. The summed E-state index contributed by atoms with van der Waals surface area (Å²) in [7, 11) is 0. The number of hydrogen-bond donors (Lipinski definition) is 0. The van der Waals surface area contributed by atoms with Crippen molar-refractivity contribution in [2.75, 3.05) is 13.2 Å². The van der Waals surface area contributed by atoms with Crippen LogP contribution in [-0.2, 0) is 28.6 Å². The van der Waals surface area contributed by atoms with Crippen LogP contribution in [0.3, 0.4) is 0 Å². The van der Waals surface area contributed by atoms with Gasteiger partial charge in [-0.05, 0) is 70.6 Å². The van der Waals surface area contributed by atoms with Crippen LogP contribution in [0.4, 0.5) is 0 Å². The molecule has 0 aliphatic heterocycles. The predicted molar refractivity (Wildman–Crippen MR) is 243 cm³/mol. The van der Waals surface area contributed by atoms with Gasteiger partial charge in [-0.25, -0.2) is 0 Å². The van der Waals surface area contributed by atoms with E-state index in [1.54, 1.807) is 0 Å². The second kappa shape index (κ2) is 46.6. The van der Waals surface area contributed by atoms with Crippen LogP contribution >= 0.6 is 0 Å². The van der Waals surface area contributed by atoms with Gasteiger partial charge in [0.1, 0.15) is 13.2 Å². The fraction of sp³-hybridized carbons (Fsp3) is 0.863. The minimum atomic E-state index is -0.773. The van der Waals surface area contributed by atoms with Crippen molar-refractivity contribution in [1.29, 1.82) is 0 Å². The van der Waals surface area contributed by atoms with Gasteiger partial charge in [0.25, 0.3) is 0 Å². The van der Waals surface area contributed by atoms with E-state index in [1.807, 2.05) is 0 Å². The summed E-state index contributed by atoms with van der Waals surface area (Å²) < 4.78 is 16.8. The van der Waals surface area contributed by atoms with Crippen molar-refractivity contribution in [2.45, 2.75) is 271 Å². The van der Waals surface area contributed by atoms with E-state index in [-0.39, 0.29) is 31.1 Å². The minimum Gasteiger partial charge on any atom is -0.462 e. The summed E-state index contributed by atoms with van der Waals surface area (Å²) in [5.41, 5.74) is 0. The van der Waals surface area contributed by atoms with E-state index in [0.29, 0.717) is 19.3 Å². The number of unbranched alkanes of at least 4 members (excludes halogenated alkanes) is 30. The van der Waals surface area contributed by atoms with Crippen LogP contribution in [0.2, 0.25) is 0 Å². The van der Waals surface area contributed by atoms with Crippen molar-refractivity contribution < 1.29 is 28.6 Å². The lowest BCUT2D eigenvalue weighted by molar-refractivity contribution is -0.167. The van der Waals surface area contributed by atoms with Crippen molar-refractivity contribution in [3.8, 4) is 0 Å². The van der Waals surface area contributed by atoms with E-state index in [1.165, 1.54) is 154 Å². The van der Waals surface area contributed by atoms with Crippen LogP contribution in [0.1, 0.15) is 265 Å². The van der Waals surface area contributed by atoms with Crippen molar-refractivity contribution in [1.82, 2.24) is 0 Å². The molecule has 57 heavy (non-hydrogen) atoms. The molecule has 0 aromatic rings. The molecule has 0 rings (SSSR count). The average Bonchev–Trinajstić information content (AvgIpc) is 3.21. The number of allylic oxidation sites excluding steroid dienone is 4. The fourth-order valence-corrected chi connectivity index (χ4v) is 7.14. The highest BCUT2D eigenvalue weighted by molar-refractivity contribution is 5.71. The second-order valence-electron chi connectivity index (χ2n) is 16.7. The first-order chi connectivity index (χ1) is 28.0. The molecule has 1 atom stereocenters. The third-order valence-corrected chi connectivity index (χ3v) is 10.9. The predicted octanol–water partition coefficient (Wildman–Crippen LogP) is 16.0. The van der Waals surface area contributed by atoms with Gasteiger partial charge in [0.05, 0.1) is 0 Å². The summed E-state index contributed by atoms with van der Waals surface area (Å²) in [6.07, 6.45) is 51.5. The Balaban J connectivity index is 4.36. The Bertz CT molecular complexity index is 927. The van der Waals surface area contributed by atoms with Crippen molar-refractivity contribution in [3.63, 3.8) is 0 Å². The van der Waals surface area contributed by atoms with E-state index < -0.39 is 6.10 Å². The highest BCUT2D eigenvalue weighted by Gasteiger charge is 2.19. The lowest BCUT2D eigenvalue weighted by Gasteiger charge is -2.18. The van der Waals surface area contributed by atoms with Gasteiger partial charge in [0, 0.05) is 19.3 Å². The van der Waals surface area contributed by atoms with E-state index in [9.17, 15) is 14.4 Å². The first-order valence-electron chi connectivity index (χ1n) is 24.8. The molecule has 0 aliphatic carbocycles. The quantitative estimate of drug-likeness (QED) is 0.0264. The third kappa shape index (κ3) is 44.8. The molecule has 6 heteroatoms. The summed E-state index contributed by atoms with van der Waals surface area (Å²) in [5.74, 6) is -0.883. The zero-order valence-electron chi connectivity index (χ0n) is 38.1. The van der Waals surface area contributed by atoms with E-state index in [4.69, 9.17) is 14.2 Å². The first kappa shape index (κ1) is 54.9. The standard InChI is InChI=1S/C51H94O6/c1-4-7-10-13-16-19-22-25-27-29-32-35-38-41-44-50(53)56-47-48(46-55-49(52)43-40-37-34-31-28-24-21-18-15-12-9-6-3)57-51(54)45-42-39-36-33-30-26-23-20-17-14-11-8-5-2/h18,20-21,23,48H,4-17,19,22,24-47H2,1-3H3/b21-18-,23-20-. The average molecular weight is 803 g/mol. The fourth-order valence-electron chi connectivity index (χ4n) is 7.14. The van der Waals surface area contributed by atoms with Crippen molar-refractivity contribution in [3.05, 3.63) is 24.3 Å². The van der Waals surface area contributed by atoms with E-state index in [2.05, 4.69) is 45.1 Å². The Morgan fingerprint density at radius 3 is 0.930 bits per heavy atom. The summed E-state index contributed by atoms with van der Waals surface area (Å²) in [6.45, 7) is 6.60. The highest BCUT2D eigenvalue weighted by atomic mass is 16.6. The maximum atomic E-state index is 12.7. The number of hydrogen-bond acceptors (Lipinski definition) is 6. The number of esters is 3. The maximum absolute atomic E-state index is 12.7. The van der Waals surface area contributed by atoms with Crippen LogP contribution in [-0.4, -0.2) is 37.2 Å². The molecule has 0 saturated carbocycles. The van der Waals surface area contributed by atoms with Gasteiger partial charge >= 0.3 is 17.9 Å². The first-order valence-corrected chi connectivity index (χ1v) is 24.8. The normalized spacial score (nSPS) is 12.1. The number of ether oxygens (including phenoxy) is 3. The van der Waals surface area contributed by atoms with E-state index in [0.717, 1.165) is 70.6 Å². The van der Waals surface area contributed by atoms with Crippen LogP contribution < -0.4 is 0 Å². The molecule has 0 radical (unpaired) electrons. The van der Waals surface area contributed by atoms with Gasteiger partial charge in [-0.3, -0.25) is 14.4 Å². The van der Waals surface area contributed by atoms with Gasteiger partial charge in [-0.15, -0.1) is 0 Å². The Morgan fingerprint density at radius 1 is 0.333 bits per heavy atom. The zero-order valence-corrected chi connectivity index (χ0v) is 38.1. The zero-order chi connectivity index (χ0) is 41.5. The molecular weight excluding hydrogens is 709 g/mol. The Kier molecular flexibility index (Phi) is 44.9. The van der Waals surface area contributed by atoms with E-state index >= 15 is 0 Å². The van der Waals surface area contributed by atoms with Crippen molar-refractivity contribution in [2.24, 2.45) is 0 Å². The minimum absolute atomic E-state index is 0.0738. The largest absolute Gasteiger partial charge is 0.462 e. The Morgan fingerprint density at radius 2 is 0.579 bits per heavy atom. The molecule has 0 bridgehead atoms. The topological polar surface area (TPSA) is 78.9 Å². The Hall–Kier alpha value is -2.11. The second-order valence-corrected chi connectivity index (χ2v) is 16.7. The molecule has 0 aromatic heterocycles. The Labute approximate surface area is 353 Å². The van der Waals surface area contributed by atoms with Gasteiger partial charge in [0.2, 0.25) is 0 Å². The van der Waals surface area contributed by atoms with Gasteiger partial charge in [0.15, 0.2) is 6.10 Å². The smallest absolute Gasteiger partial charge is 0.306 e. The number of rotatable bonds is 45. The van der Waals surface area contributed by atoms with Gasteiger partial charge in [-0.1, -0.05) is 199 Å². The molecule has 0 saturated heterocycles. The molecule has 0 fully saturated rings. The van der Waals surface area contributed by atoms with Crippen LogP contribution in [0, 0.1) is 0 Å². The SMILES string of the molecule is CCCCC/C=C\CCCCCCCC(=O)OCC(COC(=O)CCCCCCCCCCCCCCCC)OC(=O)CCCCCCC/C=C\CCCCCC. The summed E-state index contributed by atoms with van der Waals surface area (Å²) in [6, 6.07) is 0. The molecule has 0 amide bonds. The van der Waals surface area contributed by atoms with Gasteiger partial charge in [-0.2, -0.15) is 0 Å². The third-order valence-electron chi connectivity index (χ3n) is 10.9. The molecule has 0 spiro atoms. The van der Waals surface area contributed by atoms with Gasteiger partial charge < -0.3 is 14.2 Å². The summed E-state index contributed by atoms with van der Waals surface area (Å²) >= 11 is 0. The molecule has 0 aliphatic rings. The molecule has 0 aromatic carbocycles. The molecule has 1 unspecified atom stereocenters. The number of carbonyl (C=O) groups is 3.